The van der Waals surface area contributed by atoms with Gasteiger partial charge in [0.1, 0.15) is 0 Å². The van der Waals surface area contributed by atoms with Crippen molar-refractivity contribution in [2.24, 2.45) is 0 Å². The van der Waals surface area contributed by atoms with Gasteiger partial charge in [-0.1, -0.05) is 26.0 Å². The van der Waals surface area contributed by atoms with Crippen molar-refractivity contribution in [3.8, 4) is 0 Å². The zero-order valence-electron chi connectivity index (χ0n) is 21.8. The molecule has 0 aromatic heterocycles. The molecule has 7 nitrogen and oxygen atoms in total. The van der Waals surface area contributed by atoms with Crippen molar-refractivity contribution in [2.75, 3.05) is 63.6 Å². The van der Waals surface area contributed by atoms with Crippen LogP contribution in [0, 0.1) is 0 Å². The number of benzene rings is 2. The van der Waals surface area contributed by atoms with Crippen LogP contribution in [0.4, 0.5) is 11.4 Å². The number of carbonyl (C=O) groups excluding carboxylic acids is 2. The zero-order chi connectivity index (χ0) is 25.2. The maximum Gasteiger partial charge on any atom is 0.255 e. The molecule has 1 fully saturated rings. The van der Waals surface area contributed by atoms with Gasteiger partial charge in [0, 0.05) is 51.0 Å². The maximum atomic E-state index is 13.1. The van der Waals surface area contributed by atoms with Crippen LogP contribution < -0.4 is 15.5 Å². The lowest BCUT2D eigenvalue weighted by molar-refractivity contribution is 0.0964. The highest BCUT2D eigenvalue weighted by atomic mass is 16.2. The lowest BCUT2D eigenvalue weighted by atomic mass is 10.1. The van der Waals surface area contributed by atoms with Gasteiger partial charge in [-0.3, -0.25) is 9.59 Å². The number of anilines is 2. The number of hydrogen-bond donors (Lipinski definition) is 2. The van der Waals surface area contributed by atoms with Gasteiger partial charge in [-0.05, 0) is 75.3 Å². The Labute approximate surface area is 210 Å². The summed E-state index contributed by atoms with van der Waals surface area (Å²) in [5, 5.41) is 5.68. The molecule has 2 N–H and O–H groups in total. The van der Waals surface area contributed by atoms with Crippen molar-refractivity contribution in [1.29, 1.82) is 0 Å². The summed E-state index contributed by atoms with van der Waals surface area (Å²) in [6.07, 6.45) is 3.57. The molecular formula is C28H41N5O2. The molecule has 3 rings (SSSR count). The average Bonchev–Trinajstić information content (AvgIpc) is 2.89. The van der Waals surface area contributed by atoms with E-state index in [9.17, 15) is 9.59 Å². The van der Waals surface area contributed by atoms with E-state index in [2.05, 4.69) is 46.2 Å². The summed E-state index contributed by atoms with van der Waals surface area (Å²) < 4.78 is 0. The molecule has 7 heteroatoms. The minimum Gasteiger partial charge on any atom is -0.372 e. The summed E-state index contributed by atoms with van der Waals surface area (Å²) in [5.41, 5.74) is 3.71. The molecule has 2 aromatic rings. The number of nitrogens with zero attached hydrogens (tertiary/aromatic N) is 3. The minimum atomic E-state index is -0.214. The number of hydrogen-bond acceptors (Lipinski definition) is 5. The van der Waals surface area contributed by atoms with Crippen LogP contribution in [-0.4, -0.2) is 75.0 Å². The van der Waals surface area contributed by atoms with Gasteiger partial charge >= 0.3 is 0 Å². The van der Waals surface area contributed by atoms with Crippen LogP contribution in [0.25, 0.3) is 0 Å². The minimum absolute atomic E-state index is 0.206. The first-order valence-electron chi connectivity index (χ1n) is 12.9. The molecule has 2 aromatic carbocycles. The van der Waals surface area contributed by atoms with Gasteiger partial charge in [0.25, 0.3) is 11.8 Å². The van der Waals surface area contributed by atoms with Crippen molar-refractivity contribution >= 4 is 23.2 Å². The number of amides is 2. The van der Waals surface area contributed by atoms with Crippen molar-refractivity contribution in [2.45, 2.75) is 39.7 Å². The SMILES string of the molecule is CCN(CC)CCN(C)Cc1cccc(C(=O)Nc2ccc(N3CCCCC3)cc2C(=O)NC)c1. The van der Waals surface area contributed by atoms with Gasteiger partial charge in [0.2, 0.25) is 0 Å². The topological polar surface area (TPSA) is 67.9 Å². The highest BCUT2D eigenvalue weighted by molar-refractivity contribution is 6.09. The number of carbonyl (C=O) groups is 2. The first-order valence-corrected chi connectivity index (χ1v) is 12.9. The monoisotopic (exact) mass is 479 g/mol. The van der Waals surface area contributed by atoms with Crippen LogP contribution in [0.15, 0.2) is 42.5 Å². The summed E-state index contributed by atoms with van der Waals surface area (Å²) in [7, 11) is 3.72. The molecule has 1 aliphatic rings. The van der Waals surface area contributed by atoms with Crippen LogP contribution >= 0.6 is 0 Å². The Kier molecular flexibility index (Phi) is 10.1. The maximum absolute atomic E-state index is 13.1. The van der Waals surface area contributed by atoms with E-state index in [-0.39, 0.29) is 11.8 Å². The Balaban J connectivity index is 1.70. The van der Waals surface area contributed by atoms with E-state index in [1.807, 2.05) is 42.5 Å². The Hall–Kier alpha value is -2.90. The highest BCUT2D eigenvalue weighted by Crippen LogP contribution is 2.26. The molecule has 35 heavy (non-hydrogen) atoms. The number of likely N-dealkylation sites (N-methyl/N-ethyl adjacent to an activating group) is 2. The Morgan fingerprint density at radius 1 is 0.943 bits per heavy atom. The third-order valence-corrected chi connectivity index (χ3v) is 6.78. The quantitative estimate of drug-likeness (QED) is 0.509. The van der Waals surface area contributed by atoms with Crippen LogP contribution in [-0.2, 0) is 6.54 Å². The van der Waals surface area contributed by atoms with Gasteiger partial charge in [-0.2, -0.15) is 0 Å². The normalized spacial score (nSPS) is 13.8. The van der Waals surface area contributed by atoms with Crippen molar-refractivity contribution in [3.05, 3.63) is 59.2 Å². The molecule has 1 aliphatic heterocycles. The molecule has 0 saturated carbocycles. The zero-order valence-corrected chi connectivity index (χ0v) is 21.8. The van der Waals surface area contributed by atoms with Crippen molar-refractivity contribution < 1.29 is 9.59 Å². The number of nitrogens with one attached hydrogen (secondary N) is 2. The Bertz CT molecular complexity index is 983. The lowest BCUT2D eigenvalue weighted by Gasteiger charge is -2.29. The van der Waals surface area contributed by atoms with E-state index in [0.29, 0.717) is 16.8 Å². The third-order valence-electron chi connectivity index (χ3n) is 6.78. The van der Waals surface area contributed by atoms with Gasteiger partial charge in [0.15, 0.2) is 0 Å². The highest BCUT2D eigenvalue weighted by Gasteiger charge is 2.18. The summed E-state index contributed by atoms with van der Waals surface area (Å²) in [5.74, 6) is -0.420. The molecule has 1 saturated heterocycles. The van der Waals surface area contributed by atoms with E-state index >= 15 is 0 Å². The molecule has 0 atom stereocenters. The molecule has 2 amide bonds. The largest absolute Gasteiger partial charge is 0.372 e. The van der Waals surface area contributed by atoms with Crippen molar-refractivity contribution in [1.82, 2.24) is 15.1 Å². The van der Waals surface area contributed by atoms with E-state index in [4.69, 9.17) is 0 Å². The summed E-state index contributed by atoms with van der Waals surface area (Å²) in [4.78, 5) is 32.7. The lowest BCUT2D eigenvalue weighted by Crippen LogP contribution is -2.32. The van der Waals surface area contributed by atoms with Gasteiger partial charge in [-0.15, -0.1) is 0 Å². The predicted octanol–water partition coefficient (Wildman–Crippen LogP) is 4.06. The third kappa shape index (κ3) is 7.54. The molecule has 0 unspecified atom stereocenters. The number of rotatable bonds is 11. The molecule has 190 valence electrons. The first-order chi connectivity index (χ1) is 16.9. The molecule has 0 bridgehead atoms. The molecule has 0 spiro atoms. The van der Waals surface area contributed by atoms with E-state index < -0.39 is 0 Å². The van der Waals surface area contributed by atoms with Crippen LogP contribution in [0.5, 0.6) is 0 Å². The van der Waals surface area contributed by atoms with Gasteiger partial charge < -0.3 is 25.3 Å². The summed E-state index contributed by atoms with van der Waals surface area (Å²) >= 11 is 0. The summed E-state index contributed by atoms with van der Waals surface area (Å²) in [6, 6.07) is 13.4. The second-order valence-electron chi connectivity index (χ2n) is 9.28. The molecule has 1 heterocycles. The fourth-order valence-electron chi connectivity index (χ4n) is 4.56. The molecule has 0 radical (unpaired) electrons. The van der Waals surface area contributed by atoms with E-state index in [0.717, 1.165) is 69.9 Å². The molecule has 0 aliphatic carbocycles. The second-order valence-corrected chi connectivity index (χ2v) is 9.28. The van der Waals surface area contributed by atoms with Crippen LogP contribution in [0.3, 0.4) is 0 Å². The number of piperidine rings is 1. The van der Waals surface area contributed by atoms with Gasteiger partial charge in [-0.25, -0.2) is 0 Å². The Morgan fingerprint density at radius 3 is 2.37 bits per heavy atom. The van der Waals surface area contributed by atoms with Crippen molar-refractivity contribution in [3.63, 3.8) is 0 Å². The summed E-state index contributed by atoms with van der Waals surface area (Å²) in [6.45, 7) is 11.2. The Morgan fingerprint density at radius 2 is 1.69 bits per heavy atom. The van der Waals surface area contributed by atoms with E-state index in [1.165, 1.54) is 6.42 Å². The van der Waals surface area contributed by atoms with E-state index in [1.54, 1.807) is 7.05 Å². The van der Waals surface area contributed by atoms with Gasteiger partial charge in [0.05, 0.1) is 11.3 Å². The standard InChI is InChI=1S/C28H41N5O2/c1-5-32(6-2)18-17-31(4)21-22-11-10-12-23(19-22)27(34)30-26-14-13-24(20-25(26)28(35)29-3)33-15-8-7-9-16-33/h10-14,19-20H,5-9,15-18,21H2,1-4H3,(H,29,35)(H,30,34). The predicted molar refractivity (Wildman–Crippen MR) is 144 cm³/mol. The molecular weight excluding hydrogens is 438 g/mol. The fourth-order valence-corrected chi connectivity index (χ4v) is 4.56. The smallest absolute Gasteiger partial charge is 0.255 e. The van der Waals surface area contributed by atoms with Crippen LogP contribution in [0.1, 0.15) is 59.4 Å². The van der Waals surface area contributed by atoms with Crippen LogP contribution in [0.2, 0.25) is 0 Å². The average molecular weight is 480 g/mol. The first kappa shape index (κ1) is 26.7. The second kappa shape index (κ2) is 13.3. The fraction of sp³-hybridized carbons (Fsp3) is 0.500.